The van der Waals surface area contributed by atoms with Crippen LogP contribution in [0.2, 0.25) is 10.0 Å². The molecule has 1 nitrogen and oxygen atoms in total. The Kier molecular flexibility index (Phi) is 6.65. The summed E-state index contributed by atoms with van der Waals surface area (Å²) in [4.78, 5) is 0. The zero-order chi connectivity index (χ0) is 14.5. The lowest BCUT2D eigenvalue weighted by atomic mass is 9.76. The average molecular weight is 302 g/mol. The Morgan fingerprint density at radius 2 is 1.79 bits per heavy atom. The second-order valence-corrected chi connectivity index (χ2v) is 6.50. The van der Waals surface area contributed by atoms with Crippen LogP contribution >= 0.6 is 23.2 Å². The summed E-state index contributed by atoms with van der Waals surface area (Å²) in [5.41, 5.74) is 1.40. The van der Waals surface area contributed by atoms with E-state index in [0.29, 0.717) is 6.04 Å². The molecule has 0 bridgehead atoms. The number of hydrogen-bond donors (Lipinski definition) is 1. The maximum absolute atomic E-state index is 6.30. The number of halogens is 2. The minimum Gasteiger partial charge on any atom is -0.314 e. The van der Waals surface area contributed by atoms with Crippen molar-refractivity contribution in [2.45, 2.75) is 53.0 Å². The molecule has 0 heterocycles. The van der Waals surface area contributed by atoms with Gasteiger partial charge in [0.25, 0.3) is 0 Å². The molecule has 0 aliphatic rings. The van der Waals surface area contributed by atoms with E-state index in [4.69, 9.17) is 23.2 Å². The van der Waals surface area contributed by atoms with E-state index < -0.39 is 0 Å². The summed E-state index contributed by atoms with van der Waals surface area (Å²) in [5, 5.41) is 5.15. The first-order valence-corrected chi connectivity index (χ1v) is 7.85. The highest BCUT2D eigenvalue weighted by Gasteiger charge is 2.27. The van der Waals surface area contributed by atoms with Crippen LogP contribution in [0, 0.1) is 5.41 Å². The fourth-order valence-corrected chi connectivity index (χ4v) is 2.69. The third-order valence-electron chi connectivity index (χ3n) is 3.96. The molecule has 19 heavy (non-hydrogen) atoms. The van der Waals surface area contributed by atoms with Crippen molar-refractivity contribution in [1.29, 1.82) is 0 Å². The Labute approximate surface area is 127 Å². The van der Waals surface area contributed by atoms with E-state index in [1.165, 1.54) is 0 Å². The molecular weight excluding hydrogens is 277 g/mol. The molecule has 0 unspecified atom stereocenters. The van der Waals surface area contributed by atoms with Crippen LogP contribution in [-0.4, -0.2) is 12.6 Å². The van der Waals surface area contributed by atoms with Crippen molar-refractivity contribution in [3.8, 4) is 0 Å². The van der Waals surface area contributed by atoms with E-state index in [1.807, 2.05) is 18.2 Å². The van der Waals surface area contributed by atoms with Gasteiger partial charge in [0.05, 0.1) is 0 Å². The summed E-state index contributed by atoms with van der Waals surface area (Å²) in [6.07, 6.45) is 3.23. The smallest absolute Gasteiger partial charge is 0.0439 e. The SMILES string of the molecule is CCC(CC)(CNC(C)C)Cc1cc(Cl)ccc1Cl. The molecule has 1 rings (SSSR count). The van der Waals surface area contributed by atoms with Crippen LogP contribution in [0.1, 0.15) is 46.1 Å². The molecule has 0 fully saturated rings. The van der Waals surface area contributed by atoms with Gasteiger partial charge in [0.1, 0.15) is 0 Å². The van der Waals surface area contributed by atoms with Crippen molar-refractivity contribution >= 4 is 23.2 Å². The monoisotopic (exact) mass is 301 g/mol. The molecule has 0 aromatic heterocycles. The van der Waals surface area contributed by atoms with Crippen molar-refractivity contribution in [2.75, 3.05) is 6.54 Å². The Hall–Kier alpha value is -0.240. The van der Waals surface area contributed by atoms with Crippen molar-refractivity contribution in [3.63, 3.8) is 0 Å². The maximum Gasteiger partial charge on any atom is 0.0439 e. The summed E-state index contributed by atoms with van der Waals surface area (Å²) < 4.78 is 0. The van der Waals surface area contributed by atoms with Crippen molar-refractivity contribution in [3.05, 3.63) is 33.8 Å². The van der Waals surface area contributed by atoms with E-state index >= 15 is 0 Å². The van der Waals surface area contributed by atoms with Gasteiger partial charge in [0, 0.05) is 22.6 Å². The van der Waals surface area contributed by atoms with Crippen LogP contribution in [-0.2, 0) is 6.42 Å². The first-order chi connectivity index (χ1) is 8.92. The molecule has 1 aromatic carbocycles. The van der Waals surface area contributed by atoms with E-state index in [2.05, 4.69) is 33.0 Å². The first kappa shape index (κ1) is 16.8. The van der Waals surface area contributed by atoms with E-state index in [9.17, 15) is 0 Å². The second-order valence-electron chi connectivity index (χ2n) is 5.66. The van der Waals surface area contributed by atoms with Gasteiger partial charge in [-0.1, -0.05) is 50.9 Å². The fourth-order valence-electron chi connectivity index (χ4n) is 2.32. The molecule has 1 N–H and O–H groups in total. The molecule has 1 aromatic rings. The minimum absolute atomic E-state index is 0.249. The highest BCUT2D eigenvalue weighted by molar-refractivity contribution is 6.33. The van der Waals surface area contributed by atoms with Crippen LogP contribution < -0.4 is 5.32 Å². The highest BCUT2D eigenvalue weighted by Crippen LogP contribution is 2.34. The zero-order valence-corrected chi connectivity index (χ0v) is 13.9. The average Bonchev–Trinajstić information content (AvgIpc) is 2.38. The van der Waals surface area contributed by atoms with Gasteiger partial charge in [0.2, 0.25) is 0 Å². The number of rotatable bonds is 7. The Morgan fingerprint density at radius 1 is 1.16 bits per heavy atom. The van der Waals surface area contributed by atoms with E-state index in [1.54, 1.807) is 0 Å². The quantitative estimate of drug-likeness (QED) is 0.717. The summed E-state index contributed by atoms with van der Waals surface area (Å²) >= 11 is 12.4. The molecule has 108 valence electrons. The van der Waals surface area contributed by atoms with Gasteiger partial charge in [-0.2, -0.15) is 0 Å². The fraction of sp³-hybridized carbons (Fsp3) is 0.625. The largest absolute Gasteiger partial charge is 0.314 e. The topological polar surface area (TPSA) is 12.0 Å². The van der Waals surface area contributed by atoms with Gasteiger partial charge in [-0.05, 0) is 48.4 Å². The minimum atomic E-state index is 0.249. The molecule has 0 spiro atoms. The van der Waals surface area contributed by atoms with E-state index in [0.717, 1.165) is 41.4 Å². The number of nitrogens with one attached hydrogen (secondary N) is 1. The van der Waals surface area contributed by atoms with Crippen LogP contribution in [0.3, 0.4) is 0 Å². The molecule has 0 atom stereocenters. The lowest BCUT2D eigenvalue weighted by Crippen LogP contribution is -2.38. The molecule has 0 saturated carbocycles. The highest BCUT2D eigenvalue weighted by atomic mass is 35.5. The Morgan fingerprint density at radius 3 is 2.32 bits per heavy atom. The third kappa shape index (κ3) is 4.98. The number of hydrogen-bond acceptors (Lipinski definition) is 1. The van der Waals surface area contributed by atoms with E-state index in [-0.39, 0.29) is 5.41 Å². The standard InChI is InChI=1S/C16H25Cl2N/c1-5-16(6-2,11-19-12(3)4)10-13-9-14(17)7-8-15(13)18/h7-9,12,19H,5-6,10-11H2,1-4H3. The van der Waals surface area contributed by atoms with Crippen LogP contribution in [0.15, 0.2) is 18.2 Å². The molecular formula is C16H25Cl2N. The zero-order valence-electron chi connectivity index (χ0n) is 12.4. The molecule has 0 aliphatic carbocycles. The summed E-state index contributed by atoms with van der Waals surface area (Å²) in [6, 6.07) is 6.25. The summed E-state index contributed by atoms with van der Waals surface area (Å²) in [5.74, 6) is 0. The van der Waals surface area contributed by atoms with Gasteiger partial charge in [-0.25, -0.2) is 0 Å². The van der Waals surface area contributed by atoms with Crippen LogP contribution in [0.25, 0.3) is 0 Å². The van der Waals surface area contributed by atoms with Crippen molar-refractivity contribution in [2.24, 2.45) is 5.41 Å². The van der Waals surface area contributed by atoms with Gasteiger partial charge >= 0.3 is 0 Å². The van der Waals surface area contributed by atoms with Gasteiger partial charge in [-0.3, -0.25) is 0 Å². The molecule has 0 saturated heterocycles. The van der Waals surface area contributed by atoms with Crippen LogP contribution in [0.5, 0.6) is 0 Å². The number of benzene rings is 1. The second kappa shape index (κ2) is 7.52. The summed E-state index contributed by atoms with van der Waals surface area (Å²) in [7, 11) is 0. The lowest BCUT2D eigenvalue weighted by Gasteiger charge is -2.33. The molecule has 0 aliphatic heterocycles. The Balaban J connectivity index is 2.90. The normalized spacial score (nSPS) is 12.2. The van der Waals surface area contributed by atoms with Crippen LogP contribution in [0.4, 0.5) is 0 Å². The van der Waals surface area contributed by atoms with Crippen molar-refractivity contribution < 1.29 is 0 Å². The molecule has 3 heteroatoms. The Bertz CT molecular complexity index is 398. The van der Waals surface area contributed by atoms with Gasteiger partial charge < -0.3 is 5.32 Å². The summed E-state index contributed by atoms with van der Waals surface area (Å²) in [6.45, 7) is 9.89. The predicted molar refractivity (Wildman–Crippen MR) is 86.3 cm³/mol. The maximum atomic E-state index is 6.30. The predicted octanol–water partition coefficient (Wildman–Crippen LogP) is 5.34. The van der Waals surface area contributed by atoms with Gasteiger partial charge in [0.15, 0.2) is 0 Å². The lowest BCUT2D eigenvalue weighted by molar-refractivity contribution is 0.239. The molecule has 0 radical (unpaired) electrons. The third-order valence-corrected chi connectivity index (χ3v) is 4.56. The van der Waals surface area contributed by atoms with Gasteiger partial charge in [-0.15, -0.1) is 0 Å². The molecule has 0 amide bonds. The van der Waals surface area contributed by atoms with Crippen molar-refractivity contribution in [1.82, 2.24) is 5.32 Å². The first-order valence-electron chi connectivity index (χ1n) is 7.09.